The van der Waals surface area contributed by atoms with Crippen LogP contribution in [0.15, 0.2) is 42.7 Å². The molecule has 0 atom stereocenters. The molecule has 0 unspecified atom stereocenters. The standard InChI is InChI=1S/C20H20ClN5O2/c21-14-4-5-15-16(11-14)25-19(24-15)2-1-7-22-20(28)13-3-6-18-17(10-13)23-12-26(18)8-9-27/h3-6,10-12,27H,1-2,7-9H2,(H,22,28)(H,24,25). The van der Waals surface area contributed by atoms with Gasteiger partial charge in [0, 0.05) is 30.1 Å². The van der Waals surface area contributed by atoms with E-state index in [1.165, 1.54) is 0 Å². The van der Waals surface area contributed by atoms with Gasteiger partial charge in [0.1, 0.15) is 5.82 Å². The number of nitrogens with one attached hydrogen (secondary N) is 2. The summed E-state index contributed by atoms with van der Waals surface area (Å²) in [5.74, 6) is 0.748. The SMILES string of the molecule is O=C(NCCCc1nc2ccc(Cl)cc2[nH]1)c1ccc2c(c1)ncn2CCO. The summed E-state index contributed by atoms with van der Waals surface area (Å²) >= 11 is 5.99. The average Bonchev–Trinajstić information content (AvgIpc) is 3.28. The number of nitrogens with zero attached hydrogens (tertiary/aromatic N) is 3. The van der Waals surface area contributed by atoms with Crippen LogP contribution in [0.4, 0.5) is 0 Å². The number of rotatable bonds is 7. The number of carbonyl (C=O) groups excluding carboxylic acids is 1. The molecular formula is C20H20ClN5O2. The molecule has 0 saturated heterocycles. The molecule has 0 radical (unpaired) electrons. The van der Waals surface area contributed by atoms with Gasteiger partial charge in [-0.1, -0.05) is 11.6 Å². The fraction of sp³-hybridized carbons (Fsp3) is 0.250. The lowest BCUT2D eigenvalue weighted by Crippen LogP contribution is -2.24. The molecule has 8 heteroatoms. The monoisotopic (exact) mass is 397 g/mol. The highest BCUT2D eigenvalue weighted by molar-refractivity contribution is 6.31. The summed E-state index contributed by atoms with van der Waals surface area (Å²) in [6.07, 6.45) is 3.17. The molecule has 2 heterocycles. The number of hydrogen-bond acceptors (Lipinski definition) is 4. The van der Waals surface area contributed by atoms with Crippen molar-refractivity contribution in [2.75, 3.05) is 13.2 Å². The Morgan fingerprint density at radius 3 is 2.96 bits per heavy atom. The van der Waals surface area contributed by atoms with Crippen LogP contribution in [-0.2, 0) is 13.0 Å². The van der Waals surface area contributed by atoms with E-state index < -0.39 is 0 Å². The van der Waals surface area contributed by atoms with Gasteiger partial charge in [0.15, 0.2) is 0 Å². The summed E-state index contributed by atoms with van der Waals surface area (Å²) in [6, 6.07) is 11.0. The van der Waals surface area contributed by atoms with E-state index >= 15 is 0 Å². The van der Waals surface area contributed by atoms with Crippen molar-refractivity contribution in [3.8, 4) is 0 Å². The highest BCUT2D eigenvalue weighted by Crippen LogP contribution is 2.18. The zero-order valence-corrected chi connectivity index (χ0v) is 15.9. The first-order valence-electron chi connectivity index (χ1n) is 9.12. The van der Waals surface area contributed by atoms with E-state index in [0.29, 0.717) is 23.7 Å². The molecule has 0 bridgehead atoms. The van der Waals surface area contributed by atoms with Gasteiger partial charge in [-0.3, -0.25) is 4.79 Å². The second kappa shape index (κ2) is 8.00. The summed E-state index contributed by atoms with van der Waals surface area (Å²) in [4.78, 5) is 24.5. The van der Waals surface area contributed by atoms with Crippen LogP contribution in [0.3, 0.4) is 0 Å². The molecule has 0 aliphatic carbocycles. The summed E-state index contributed by atoms with van der Waals surface area (Å²) in [7, 11) is 0. The van der Waals surface area contributed by atoms with Crippen LogP contribution in [0.2, 0.25) is 5.02 Å². The number of aliphatic hydroxyl groups excluding tert-OH is 1. The Morgan fingerprint density at radius 1 is 1.21 bits per heavy atom. The van der Waals surface area contributed by atoms with Crippen LogP contribution < -0.4 is 5.32 Å². The number of fused-ring (bicyclic) bond motifs is 2. The van der Waals surface area contributed by atoms with Crippen molar-refractivity contribution in [1.82, 2.24) is 24.8 Å². The number of halogens is 1. The average molecular weight is 398 g/mol. The van der Waals surface area contributed by atoms with Crippen molar-refractivity contribution in [2.45, 2.75) is 19.4 Å². The van der Waals surface area contributed by atoms with Gasteiger partial charge >= 0.3 is 0 Å². The number of aromatic amines is 1. The second-order valence-electron chi connectivity index (χ2n) is 6.57. The van der Waals surface area contributed by atoms with Gasteiger partial charge in [0.2, 0.25) is 0 Å². The molecule has 0 saturated carbocycles. The van der Waals surface area contributed by atoms with Gasteiger partial charge < -0.3 is 20.0 Å². The first-order chi connectivity index (χ1) is 13.6. The Balaban J connectivity index is 1.33. The fourth-order valence-corrected chi connectivity index (χ4v) is 3.38. The second-order valence-corrected chi connectivity index (χ2v) is 7.01. The van der Waals surface area contributed by atoms with Crippen molar-refractivity contribution in [2.24, 2.45) is 0 Å². The predicted molar refractivity (Wildman–Crippen MR) is 109 cm³/mol. The van der Waals surface area contributed by atoms with Crippen LogP contribution >= 0.6 is 11.6 Å². The van der Waals surface area contributed by atoms with E-state index in [4.69, 9.17) is 16.7 Å². The lowest BCUT2D eigenvalue weighted by molar-refractivity contribution is 0.0953. The van der Waals surface area contributed by atoms with Crippen molar-refractivity contribution in [3.63, 3.8) is 0 Å². The highest BCUT2D eigenvalue weighted by atomic mass is 35.5. The van der Waals surface area contributed by atoms with Crippen LogP contribution in [0, 0.1) is 0 Å². The molecule has 0 fully saturated rings. The molecular weight excluding hydrogens is 378 g/mol. The summed E-state index contributed by atoms with van der Waals surface area (Å²) in [5, 5.41) is 12.7. The quantitative estimate of drug-likeness (QED) is 0.418. The molecule has 7 nitrogen and oxygen atoms in total. The van der Waals surface area contributed by atoms with Crippen LogP contribution in [0.5, 0.6) is 0 Å². The van der Waals surface area contributed by atoms with E-state index in [1.807, 2.05) is 28.8 Å². The first-order valence-corrected chi connectivity index (χ1v) is 9.50. The molecule has 144 valence electrons. The highest BCUT2D eigenvalue weighted by Gasteiger charge is 2.09. The molecule has 1 amide bonds. The molecule has 3 N–H and O–H groups in total. The fourth-order valence-electron chi connectivity index (χ4n) is 3.20. The van der Waals surface area contributed by atoms with Gasteiger partial charge in [0.25, 0.3) is 5.91 Å². The van der Waals surface area contributed by atoms with Gasteiger partial charge in [-0.05, 0) is 42.8 Å². The zero-order chi connectivity index (χ0) is 19.5. The molecule has 4 aromatic rings. The number of aliphatic hydroxyl groups is 1. The third-order valence-corrected chi connectivity index (χ3v) is 4.83. The number of hydrogen-bond donors (Lipinski definition) is 3. The normalized spacial score (nSPS) is 11.4. The topological polar surface area (TPSA) is 95.8 Å². The molecule has 28 heavy (non-hydrogen) atoms. The van der Waals surface area contributed by atoms with Crippen LogP contribution in [-0.4, -0.2) is 43.7 Å². The number of aryl methyl sites for hydroxylation is 1. The molecule has 0 aliphatic rings. The maximum Gasteiger partial charge on any atom is 0.251 e. The lowest BCUT2D eigenvalue weighted by Gasteiger charge is -2.05. The van der Waals surface area contributed by atoms with Gasteiger partial charge in [-0.25, -0.2) is 9.97 Å². The third-order valence-electron chi connectivity index (χ3n) is 4.59. The Morgan fingerprint density at radius 2 is 2.11 bits per heavy atom. The van der Waals surface area contributed by atoms with E-state index in [1.54, 1.807) is 18.5 Å². The molecule has 2 aromatic carbocycles. The minimum Gasteiger partial charge on any atom is -0.395 e. The molecule has 4 rings (SSSR count). The summed E-state index contributed by atoms with van der Waals surface area (Å²) < 4.78 is 1.86. The van der Waals surface area contributed by atoms with Gasteiger partial charge in [0.05, 0.1) is 35.0 Å². The van der Waals surface area contributed by atoms with Gasteiger partial charge in [-0.2, -0.15) is 0 Å². The van der Waals surface area contributed by atoms with E-state index in [9.17, 15) is 4.79 Å². The maximum absolute atomic E-state index is 12.4. The number of aromatic nitrogens is 4. The van der Waals surface area contributed by atoms with Gasteiger partial charge in [-0.15, -0.1) is 0 Å². The number of benzene rings is 2. The number of carbonyl (C=O) groups is 1. The lowest BCUT2D eigenvalue weighted by atomic mass is 10.2. The zero-order valence-electron chi connectivity index (χ0n) is 15.2. The third kappa shape index (κ3) is 3.85. The van der Waals surface area contributed by atoms with E-state index in [0.717, 1.165) is 40.7 Å². The van der Waals surface area contributed by atoms with Crippen LogP contribution in [0.25, 0.3) is 22.1 Å². The smallest absolute Gasteiger partial charge is 0.251 e. The maximum atomic E-state index is 12.4. The Labute approximate surface area is 166 Å². The van der Waals surface area contributed by atoms with Crippen molar-refractivity contribution >= 4 is 39.6 Å². The Bertz CT molecular complexity index is 1130. The summed E-state index contributed by atoms with van der Waals surface area (Å²) in [6.45, 7) is 1.08. The number of amides is 1. The molecule has 0 spiro atoms. The molecule has 2 aromatic heterocycles. The minimum absolute atomic E-state index is 0.0476. The summed E-state index contributed by atoms with van der Waals surface area (Å²) in [5.41, 5.74) is 4.01. The van der Waals surface area contributed by atoms with Crippen molar-refractivity contribution in [3.05, 3.63) is 59.1 Å². The first kappa shape index (κ1) is 18.5. The van der Waals surface area contributed by atoms with Crippen molar-refractivity contribution in [1.29, 1.82) is 0 Å². The van der Waals surface area contributed by atoms with E-state index in [2.05, 4.69) is 20.3 Å². The van der Waals surface area contributed by atoms with Crippen LogP contribution in [0.1, 0.15) is 22.6 Å². The number of H-pyrrole nitrogens is 1. The number of imidazole rings is 2. The molecule has 0 aliphatic heterocycles. The van der Waals surface area contributed by atoms with E-state index in [-0.39, 0.29) is 12.5 Å². The largest absolute Gasteiger partial charge is 0.395 e. The minimum atomic E-state index is -0.130. The Hall–Kier alpha value is -2.90. The Kier molecular flexibility index (Phi) is 5.27. The predicted octanol–water partition coefficient (Wildman–Crippen LogP) is 2.92. The van der Waals surface area contributed by atoms with Crippen molar-refractivity contribution < 1.29 is 9.90 Å².